The Morgan fingerprint density at radius 3 is 3.12 bits per heavy atom. The van der Waals surface area contributed by atoms with Crippen molar-refractivity contribution in [3.63, 3.8) is 0 Å². The molecule has 0 spiro atoms. The van der Waals surface area contributed by atoms with Crippen LogP contribution in [-0.2, 0) is 0 Å². The molecule has 1 aromatic heterocycles. The highest BCUT2D eigenvalue weighted by atomic mass is 32.1. The number of hydrogen-bond acceptors (Lipinski definition) is 4. The first-order valence-electron chi connectivity index (χ1n) is 4.83. The number of aromatic nitrogens is 1. The zero-order valence-electron chi connectivity index (χ0n) is 8.65. The molecule has 84 valence electrons. The van der Waals surface area contributed by atoms with Gasteiger partial charge in [-0.3, -0.25) is 5.32 Å². The number of urea groups is 1. The van der Waals surface area contributed by atoms with Crippen molar-refractivity contribution in [2.45, 2.75) is 11.8 Å². The minimum Gasteiger partial charge on any atom is -0.338 e. The number of carbonyl (C=O) groups excluding carboxylic acids is 1. The third kappa shape index (κ3) is 2.45. The Morgan fingerprint density at radius 2 is 2.38 bits per heavy atom. The third-order valence-electron chi connectivity index (χ3n) is 1.93. The molecule has 2 rings (SSSR count). The van der Waals surface area contributed by atoms with Gasteiger partial charge in [0, 0.05) is 11.4 Å². The molecule has 2 N–H and O–H groups in total. The predicted octanol–water partition coefficient (Wildman–Crippen LogP) is 2.73. The summed E-state index contributed by atoms with van der Waals surface area (Å²) in [5.74, 6) is 0. The summed E-state index contributed by atoms with van der Waals surface area (Å²) in [5, 5.41) is 5.93. The van der Waals surface area contributed by atoms with E-state index >= 15 is 0 Å². The summed E-state index contributed by atoms with van der Waals surface area (Å²) in [5.41, 5.74) is 0.870. The van der Waals surface area contributed by atoms with E-state index in [1.807, 2.05) is 25.1 Å². The number of hydrogen-bond donors (Lipinski definition) is 3. The molecule has 16 heavy (non-hydrogen) atoms. The van der Waals surface area contributed by atoms with E-state index < -0.39 is 0 Å². The number of amides is 2. The van der Waals surface area contributed by atoms with Crippen molar-refractivity contribution < 1.29 is 4.79 Å². The topological polar surface area (TPSA) is 54.0 Å². The third-order valence-corrected chi connectivity index (χ3v) is 3.14. The van der Waals surface area contributed by atoms with Crippen molar-refractivity contribution in [1.29, 1.82) is 0 Å². The second-order valence-corrected chi connectivity index (χ2v) is 4.70. The van der Waals surface area contributed by atoms with Crippen molar-refractivity contribution >= 4 is 45.3 Å². The summed E-state index contributed by atoms with van der Waals surface area (Å²) in [6, 6.07) is 5.46. The second-order valence-electron chi connectivity index (χ2n) is 3.16. The van der Waals surface area contributed by atoms with Crippen LogP contribution < -0.4 is 10.6 Å². The Kier molecular flexibility index (Phi) is 3.31. The lowest BCUT2D eigenvalue weighted by Crippen LogP contribution is -2.28. The van der Waals surface area contributed by atoms with E-state index in [-0.39, 0.29) is 6.03 Å². The van der Waals surface area contributed by atoms with Gasteiger partial charge in [-0.05, 0) is 25.1 Å². The van der Waals surface area contributed by atoms with Crippen LogP contribution >= 0.6 is 24.0 Å². The van der Waals surface area contributed by atoms with Gasteiger partial charge in [0.05, 0.1) is 10.2 Å². The fraction of sp³-hybridized carbons (Fsp3) is 0.200. The zero-order valence-corrected chi connectivity index (χ0v) is 10.4. The van der Waals surface area contributed by atoms with Crippen LogP contribution in [0.4, 0.5) is 9.93 Å². The molecule has 4 nitrogen and oxygen atoms in total. The van der Waals surface area contributed by atoms with Crippen LogP contribution in [0.5, 0.6) is 0 Å². The van der Waals surface area contributed by atoms with Gasteiger partial charge < -0.3 is 5.32 Å². The maximum absolute atomic E-state index is 11.3. The number of nitrogens with one attached hydrogen (secondary N) is 2. The lowest BCUT2D eigenvalue weighted by molar-refractivity contribution is 0.252. The smallest absolute Gasteiger partial charge is 0.321 e. The van der Waals surface area contributed by atoms with Gasteiger partial charge in [-0.15, -0.1) is 12.6 Å². The van der Waals surface area contributed by atoms with Crippen LogP contribution in [0.3, 0.4) is 0 Å². The van der Waals surface area contributed by atoms with E-state index in [1.54, 1.807) is 0 Å². The number of nitrogens with zero attached hydrogens (tertiary/aromatic N) is 1. The molecule has 0 radical (unpaired) electrons. The number of fused-ring (bicyclic) bond motifs is 1. The molecule has 0 aliphatic heterocycles. The van der Waals surface area contributed by atoms with Crippen LogP contribution in [-0.4, -0.2) is 17.6 Å². The van der Waals surface area contributed by atoms with Gasteiger partial charge in [0.2, 0.25) is 0 Å². The summed E-state index contributed by atoms with van der Waals surface area (Å²) in [4.78, 5) is 16.5. The SMILES string of the molecule is CCNC(=O)Nc1nc2ccc(S)cc2s1. The molecule has 0 saturated heterocycles. The van der Waals surface area contributed by atoms with Crippen molar-refractivity contribution in [2.75, 3.05) is 11.9 Å². The number of rotatable bonds is 2. The van der Waals surface area contributed by atoms with Crippen LogP contribution in [0.15, 0.2) is 23.1 Å². The number of thiol groups is 1. The van der Waals surface area contributed by atoms with Crippen LogP contribution in [0, 0.1) is 0 Å². The average molecular weight is 253 g/mol. The van der Waals surface area contributed by atoms with Crippen LogP contribution in [0.25, 0.3) is 10.2 Å². The number of carbonyl (C=O) groups is 1. The monoisotopic (exact) mass is 253 g/mol. The van der Waals surface area contributed by atoms with E-state index in [2.05, 4.69) is 28.2 Å². The predicted molar refractivity (Wildman–Crippen MR) is 69.6 cm³/mol. The second kappa shape index (κ2) is 4.71. The van der Waals surface area contributed by atoms with Gasteiger partial charge in [0.25, 0.3) is 0 Å². The van der Waals surface area contributed by atoms with E-state index in [1.165, 1.54) is 11.3 Å². The Hall–Kier alpha value is -1.27. The summed E-state index contributed by atoms with van der Waals surface area (Å²) < 4.78 is 1.01. The van der Waals surface area contributed by atoms with Crippen molar-refractivity contribution in [1.82, 2.24) is 10.3 Å². The van der Waals surface area contributed by atoms with E-state index in [4.69, 9.17) is 0 Å². The highest BCUT2D eigenvalue weighted by Crippen LogP contribution is 2.27. The van der Waals surface area contributed by atoms with Crippen LogP contribution in [0.1, 0.15) is 6.92 Å². The van der Waals surface area contributed by atoms with Gasteiger partial charge in [0.1, 0.15) is 0 Å². The lowest BCUT2D eigenvalue weighted by Gasteiger charge is -2.00. The van der Waals surface area contributed by atoms with Crippen molar-refractivity contribution in [3.8, 4) is 0 Å². The highest BCUT2D eigenvalue weighted by Gasteiger charge is 2.06. The quantitative estimate of drug-likeness (QED) is 0.721. The molecule has 2 amide bonds. The summed E-state index contributed by atoms with van der Waals surface area (Å²) >= 11 is 5.69. The molecule has 1 heterocycles. The Balaban J connectivity index is 2.23. The number of thiazole rings is 1. The lowest BCUT2D eigenvalue weighted by atomic mass is 10.3. The fourth-order valence-electron chi connectivity index (χ4n) is 1.27. The fourth-order valence-corrected chi connectivity index (χ4v) is 2.46. The normalized spacial score (nSPS) is 10.4. The molecule has 6 heteroatoms. The summed E-state index contributed by atoms with van der Waals surface area (Å²) in [6.45, 7) is 2.46. The van der Waals surface area contributed by atoms with E-state index in [9.17, 15) is 4.79 Å². The van der Waals surface area contributed by atoms with Crippen LogP contribution in [0.2, 0.25) is 0 Å². The molecule has 0 aliphatic carbocycles. The maximum atomic E-state index is 11.3. The Bertz CT molecular complexity index is 524. The van der Waals surface area contributed by atoms with Crippen molar-refractivity contribution in [3.05, 3.63) is 18.2 Å². The molecule has 0 bridgehead atoms. The van der Waals surface area contributed by atoms with Gasteiger partial charge >= 0.3 is 6.03 Å². The van der Waals surface area contributed by atoms with E-state index in [0.717, 1.165) is 15.1 Å². The first-order valence-corrected chi connectivity index (χ1v) is 6.10. The largest absolute Gasteiger partial charge is 0.338 e. The first-order chi connectivity index (χ1) is 7.69. The molecular weight excluding hydrogens is 242 g/mol. The number of anilines is 1. The van der Waals surface area contributed by atoms with Gasteiger partial charge in [-0.1, -0.05) is 11.3 Å². The molecule has 2 aromatic rings. The van der Waals surface area contributed by atoms with E-state index in [0.29, 0.717) is 11.7 Å². The molecule has 0 saturated carbocycles. The minimum absolute atomic E-state index is 0.229. The molecule has 0 unspecified atom stereocenters. The average Bonchev–Trinajstić information content (AvgIpc) is 2.59. The molecule has 0 fully saturated rings. The molecular formula is C10H11N3OS2. The molecule has 1 aromatic carbocycles. The van der Waals surface area contributed by atoms with Gasteiger partial charge in [0.15, 0.2) is 5.13 Å². The van der Waals surface area contributed by atoms with Crippen molar-refractivity contribution in [2.24, 2.45) is 0 Å². The highest BCUT2D eigenvalue weighted by molar-refractivity contribution is 7.80. The first kappa shape index (κ1) is 11.2. The minimum atomic E-state index is -0.229. The number of benzene rings is 1. The molecule has 0 atom stereocenters. The Morgan fingerprint density at radius 1 is 1.56 bits per heavy atom. The standard InChI is InChI=1S/C10H11N3OS2/c1-2-11-9(14)13-10-12-7-4-3-6(15)5-8(7)16-10/h3-5,15H,2H2,1H3,(H2,11,12,13,14). The Labute approximate surface area is 102 Å². The summed E-state index contributed by atoms with van der Waals surface area (Å²) in [6.07, 6.45) is 0. The zero-order chi connectivity index (χ0) is 11.5. The molecule has 0 aliphatic rings. The summed E-state index contributed by atoms with van der Waals surface area (Å²) in [7, 11) is 0. The van der Waals surface area contributed by atoms with Gasteiger partial charge in [-0.2, -0.15) is 0 Å². The maximum Gasteiger partial charge on any atom is 0.321 e. The van der Waals surface area contributed by atoms with Gasteiger partial charge in [-0.25, -0.2) is 9.78 Å².